The van der Waals surface area contributed by atoms with E-state index in [9.17, 15) is 19.2 Å². The van der Waals surface area contributed by atoms with Crippen LogP contribution in [0.15, 0.2) is 42.5 Å². The minimum Gasteiger partial charge on any atom is -0.457 e. The van der Waals surface area contributed by atoms with Crippen molar-refractivity contribution in [3.05, 3.63) is 59.2 Å². The summed E-state index contributed by atoms with van der Waals surface area (Å²) in [6, 6.07) is 12.4. The van der Waals surface area contributed by atoms with Gasteiger partial charge in [0.1, 0.15) is 11.5 Å². The van der Waals surface area contributed by atoms with Gasteiger partial charge in [0.25, 0.3) is 5.91 Å². The van der Waals surface area contributed by atoms with Crippen LogP contribution in [0.3, 0.4) is 0 Å². The number of fused-ring (bicyclic) bond motifs is 5. The summed E-state index contributed by atoms with van der Waals surface area (Å²) in [5, 5.41) is 3.04. The maximum atomic E-state index is 13.2. The van der Waals surface area contributed by atoms with Crippen molar-refractivity contribution in [1.82, 2.24) is 20.0 Å². The Morgan fingerprint density at radius 3 is 2.76 bits per heavy atom. The van der Waals surface area contributed by atoms with Crippen LogP contribution in [0.25, 0.3) is 0 Å². The highest BCUT2D eigenvalue weighted by Crippen LogP contribution is 2.28. The van der Waals surface area contributed by atoms with Gasteiger partial charge in [-0.3, -0.25) is 19.2 Å². The molecule has 0 saturated carbocycles. The van der Waals surface area contributed by atoms with E-state index in [1.54, 1.807) is 24.1 Å². The lowest BCUT2D eigenvalue weighted by molar-refractivity contribution is -0.138. The van der Waals surface area contributed by atoms with Gasteiger partial charge in [-0.25, -0.2) is 0 Å². The maximum absolute atomic E-state index is 13.2. The highest BCUT2D eigenvalue weighted by molar-refractivity contribution is 5.96. The molecule has 2 fully saturated rings. The third kappa shape index (κ3) is 7.05. The highest BCUT2D eigenvalue weighted by Gasteiger charge is 2.34. The topological polar surface area (TPSA) is 108 Å². The SMILES string of the molecule is Cc1ccc2cc1Oc1cccc(c1)CO[C@@H]1CCN(C(=O)CCCN3CCCC3=O)C[C@@H]1NC(=O)CN(C)C2=O. The quantitative estimate of drug-likeness (QED) is 0.614. The number of amides is 4. The number of benzene rings is 2. The second-order valence-electron chi connectivity index (χ2n) is 11.1. The summed E-state index contributed by atoms with van der Waals surface area (Å²) in [7, 11) is 1.59. The van der Waals surface area contributed by atoms with Crippen molar-refractivity contribution >= 4 is 23.6 Å². The minimum absolute atomic E-state index is 0.00353. The zero-order valence-electron chi connectivity index (χ0n) is 23.8. The predicted octanol–water partition coefficient (Wildman–Crippen LogP) is 2.88. The Kier molecular flexibility index (Phi) is 8.87. The summed E-state index contributed by atoms with van der Waals surface area (Å²) in [5.41, 5.74) is 2.23. The highest BCUT2D eigenvalue weighted by atomic mass is 16.5. The first kappa shape index (κ1) is 28.6. The van der Waals surface area contributed by atoms with Crippen molar-refractivity contribution in [3.8, 4) is 11.5 Å². The number of carbonyl (C=O) groups excluding carboxylic acids is 4. The van der Waals surface area contributed by atoms with E-state index in [0.29, 0.717) is 69.0 Å². The molecule has 2 aromatic rings. The predicted molar refractivity (Wildman–Crippen MR) is 151 cm³/mol. The number of rotatable bonds is 4. The number of ether oxygens (including phenoxy) is 2. The van der Waals surface area contributed by atoms with E-state index < -0.39 is 6.04 Å². The van der Waals surface area contributed by atoms with Gasteiger partial charge in [0, 0.05) is 51.6 Å². The fraction of sp³-hybridized carbons (Fsp3) is 0.484. The van der Waals surface area contributed by atoms with Gasteiger partial charge in [-0.15, -0.1) is 0 Å². The van der Waals surface area contributed by atoms with Crippen molar-refractivity contribution in [2.45, 2.75) is 57.8 Å². The average Bonchev–Trinajstić information content (AvgIpc) is 3.37. The summed E-state index contributed by atoms with van der Waals surface area (Å²) >= 11 is 0. The third-order valence-electron chi connectivity index (χ3n) is 7.99. The Labute approximate surface area is 240 Å². The smallest absolute Gasteiger partial charge is 0.254 e. The van der Waals surface area contributed by atoms with E-state index in [-0.39, 0.29) is 36.3 Å². The van der Waals surface area contributed by atoms with E-state index in [2.05, 4.69) is 5.32 Å². The molecule has 218 valence electrons. The van der Waals surface area contributed by atoms with E-state index in [1.807, 2.05) is 42.2 Å². The Bertz CT molecular complexity index is 1310. The van der Waals surface area contributed by atoms with E-state index in [4.69, 9.17) is 9.47 Å². The molecule has 3 aliphatic rings. The molecule has 2 saturated heterocycles. The summed E-state index contributed by atoms with van der Waals surface area (Å²) in [4.78, 5) is 56.2. The number of likely N-dealkylation sites (tertiary alicyclic amines) is 2. The van der Waals surface area contributed by atoms with Gasteiger partial charge in [-0.1, -0.05) is 18.2 Å². The van der Waals surface area contributed by atoms with Crippen LogP contribution >= 0.6 is 0 Å². The van der Waals surface area contributed by atoms with Crippen LogP contribution in [-0.4, -0.2) is 90.2 Å². The Morgan fingerprint density at radius 1 is 1.10 bits per heavy atom. The second-order valence-corrected chi connectivity index (χ2v) is 11.1. The number of nitrogens with one attached hydrogen (secondary N) is 1. The maximum Gasteiger partial charge on any atom is 0.254 e. The van der Waals surface area contributed by atoms with Crippen LogP contribution in [0.1, 0.15) is 53.6 Å². The monoisotopic (exact) mass is 562 g/mol. The van der Waals surface area contributed by atoms with E-state index in [1.165, 1.54) is 4.90 Å². The lowest BCUT2D eigenvalue weighted by Crippen LogP contribution is -2.58. The number of hydrogen-bond acceptors (Lipinski definition) is 6. The standard InChI is InChI=1S/C31H38N4O6/c1-21-10-11-23-17-27(21)41-24-7-3-6-22(16-24)20-40-26-12-15-35(18-25(26)32-28(36)19-33(2)31(23)39)30(38)9-5-14-34-13-4-8-29(34)37/h3,6-7,10-11,16-17,25-26H,4-5,8-9,12-15,18-20H2,1-2H3,(H,32,36)/t25-,26+/m0/s1. The first-order valence-corrected chi connectivity index (χ1v) is 14.4. The number of piperidine rings is 1. The van der Waals surface area contributed by atoms with Crippen molar-refractivity contribution < 1.29 is 28.7 Å². The summed E-state index contributed by atoms with van der Waals surface area (Å²) < 4.78 is 12.4. The average molecular weight is 563 g/mol. The first-order chi connectivity index (χ1) is 19.8. The number of hydrogen-bond donors (Lipinski definition) is 1. The fourth-order valence-corrected chi connectivity index (χ4v) is 5.65. The molecule has 10 nitrogen and oxygen atoms in total. The van der Waals surface area contributed by atoms with Crippen LogP contribution in [0, 0.1) is 6.92 Å². The van der Waals surface area contributed by atoms with Crippen LogP contribution in [-0.2, 0) is 25.7 Å². The molecule has 0 aliphatic carbocycles. The van der Waals surface area contributed by atoms with Gasteiger partial charge in [0.2, 0.25) is 17.7 Å². The summed E-state index contributed by atoms with van der Waals surface area (Å²) in [5.74, 6) is 0.758. The molecule has 4 bridgehead atoms. The fourth-order valence-electron chi connectivity index (χ4n) is 5.65. The third-order valence-corrected chi connectivity index (χ3v) is 7.99. The number of nitrogens with zero attached hydrogens (tertiary/aromatic N) is 3. The largest absolute Gasteiger partial charge is 0.457 e. The molecule has 0 radical (unpaired) electrons. The molecule has 0 spiro atoms. The molecule has 2 aromatic carbocycles. The Balaban J connectivity index is 1.30. The molecule has 1 N–H and O–H groups in total. The minimum atomic E-state index is -0.429. The van der Waals surface area contributed by atoms with Gasteiger partial charge in [-0.2, -0.15) is 0 Å². The van der Waals surface area contributed by atoms with Gasteiger partial charge < -0.3 is 29.5 Å². The molecule has 10 heteroatoms. The van der Waals surface area contributed by atoms with Crippen molar-refractivity contribution in [2.75, 3.05) is 39.8 Å². The van der Waals surface area contributed by atoms with Gasteiger partial charge in [-0.05, 0) is 61.6 Å². The van der Waals surface area contributed by atoms with Crippen LogP contribution in [0.5, 0.6) is 11.5 Å². The molecular formula is C31H38N4O6. The molecule has 3 aliphatic heterocycles. The van der Waals surface area contributed by atoms with Gasteiger partial charge in [0.05, 0.1) is 25.3 Å². The lowest BCUT2D eigenvalue weighted by Gasteiger charge is -2.39. The molecule has 5 rings (SSSR count). The summed E-state index contributed by atoms with van der Waals surface area (Å²) in [6.45, 7) is 4.30. The molecule has 2 atom stereocenters. The summed E-state index contributed by atoms with van der Waals surface area (Å²) in [6.07, 6.45) is 2.69. The number of aryl methyl sites for hydroxylation is 1. The molecule has 0 aromatic heterocycles. The zero-order chi connectivity index (χ0) is 28.9. The molecule has 41 heavy (non-hydrogen) atoms. The van der Waals surface area contributed by atoms with E-state index >= 15 is 0 Å². The molecule has 4 amide bonds. The zero-order valence-corrected chi connectivity index (χ0v) is 23.8. The second kappa shape index (κ2) is 12.7. The van der Waals surface area contributed by atoms with Crippen molar-refractivity contribution in [2.24, 2.45) is 0 Å². The van der Waals surface area contributed by atoms with Crippen molar-refractivity contribution in [3.63, 3.8) is 0 Å². The van der Waals surface area contributed by atoms with Crippen LogP contribution in [0.4, 0.5) is 0 Å². The molecular weight excluding hydrogens is 524 g/mol. The van der Waals surface area contributed by atoms with Crippen LogP contribution in [0.2, 0.25) is 0 Å². The Hall–Kier alpha value is -3.92. The molecule has 3 heterocycles. The molecule has 0 unspecified atom stereocenters. The first-order valence-electron chi connectivity index (χ1n) is 14.4. The number of likely N-dealkylation sites (N-methyl/N-ethyl adjacent to an activating group) is 1. The van der Waals surface area contributed by atoms with Crippen molar-refractivity contribution in [1.29, 1.82) is 0 Å². The van der Waals surface area contributed by atoms with Gasteiger partial charge in [0.15, 0.2) is 0 Å². The van der Waals surface area contributed by atoms with Gasteiger partial charge >= 0.3 is 0 Å². The number of carbonyl (C=O) groups is 4. The Morgan fingerprint density at radius 2 is 1.95 bits per heavy atom. The normalized spacial score (nSPS) is 21.8. The van der Waals surface area contributed by atoms with Crippen LogP contribution < -0.4 is 10.1 Å². The van der Waals surface area contributed by atoms with E-state index in [0.717, 1.165) is 24.1 Å². The lowest BCUT2D eigenvalue weighted by atomic mass is 10.0.